The Balaban J connectivity index is 0. The summed E-state index contributed by atoms with van der Waals surface area (Å²) in [5, 5.41) is 0. The van der Waals surface area contributed by atoms with E-state index in [1.807, 2.05) is 32.8 Å². The summed E-state index contributed by atoms with van der Waals surface area (Å²) in [4.78, 5) is 25.2. The van der Waals surface area contributed by atoms with Gasteiger partial charge in [0.25, 0.3) is 7.82 Å². The molecule has 0 radical (unpaired) electrons. The number of nitrogens with zero attached hydrogens (tertiary/aromatic N) is 2. The lowest BCUT2D eigenvalue weighted by molar-refractivity contribution is -0.225. The quantitative estimate of drug-likeness (QED) is 0.501. The molecule has 0 aromatic heterocycles. The van der Waals surface area contributed by atoms with Crippen LogP contribution in [0.25, 0.3) is 0 Å². The Bertz CT molecular complexity index is 373. The molecular formula is C14H32N3O5P. The maximum absolute atomic E-state index is 11.0. The number of carbonyl (C=O) groups excluding carboxylic acids is 1. The van der Waals surface area contributed by atoms with E-state index in [1.54, 1.807) is 4.90 Å². The first kappa shape index (κ1) is 22.3. The number of hydrogen-bond donors (Lipinski definition) is 1. The van der Waals surface area contributed by atoms with E-state index < -0.39 is 7.82 Å². The largest absolute Gasteiger partial charge is 1.00 e. The Labute approximate surface area is 141 Å². The standard InChI is InChI=1S/C8H19O4P.C6H13N3O/c1-3-5-7-11-13(9,10)12-8-6-4-2;1-8(2)5-3-4-9(5)6(7)10/h3-8H2,1-2H3,(H,9,10);5H,3-4H2,1-2H3,(H2,7,10). The fourth-order valence-electron chi connectivity index (χ4n) is 1.85. The van der Waals surface area contributed by atoms with Crippen LogP contribution in [0.15, 0.2) is 0 Å². The Morgan fingerprint density at radius 3 is 2.00 bits per heavy atom. The summed E-state index contributed by atoms with van der Waals surface area (Å²) in [5.41, 5.74) is 5.09. The van der Waals surface area contributed by atoms with Crippen LogP contribution in [-0.2, 0) is 13.6 Å². The number of hydrogen-bond acceptors (Lipinski definition) is 6. The van der Waals surface area contributed by atoms with E-state index in [4.69, 9.17) is 5.73 Å². The summed E-state index contributed by atoms with van der Waals surface area (Å²) in [6, 6.07) is -0.315. The molecular weight excluding hydrogens is 321 g/mol. The second kappa shape index (κ2) is 11.8. The number of likely N-dealkylation sites (tertiary alicyclic amines) is 1. The highest BCUT2D eigenvalue weighted by Crippen LogP contribution is 2.38. The van der Waals surface area contributed by atoms with Crippen molar-refractivity contribution in [3.63, 3.8) is 0 Å². The minimum absolute atomic E-state index is 0. The summed E-state index contributed by atoms with van der Waals surface area (Å²) in [6.07, 6.45) is 4.57. The Morgan fingerprint density at radius 1 is 1.30 bits per heavy atom. The lowest BCUT2D eigenvalue weighted by Crippen LogP contribution is -2.59. The lowest BCUT2D eigenvalue weighted by atomic mass is 10.1. The maximum atomic E-state index is 11.0. The van der Waals surface area contributed by atoms with Gasteiger partial charge in [-0.05, 0) is 33.4 Å². The molecule has 1 atom stereocenters. The predicted octanol–water partition coefficient (Wildman–Crippen LogP) is 1.86. The van der Waals surface area contributed by atoms with Crippen molar-refractivity contribution < 1.29 is 24.7 Å². The van der Waals surface area contributed by atoms with E-state index >= 15 is 0 Å². The van der Waals surface area contributed by atoms with Crippen molar-refractivity contribution in [2.75, 3.05) is 33.9 Å². The van der Waals surface area contributed by atoms with Crippen LogP contribution in [0.1, 0.15) is 47.4 Å². The van der Waals surface area contributed by atoms with Gasteiger partial charge in [-0.2, -0.15) is 0 Å². The van der Waals surface area contributed by atoms with Crippen molar-refractivity contribution in [2.24, 2.45) is 5.73 Å². The molecule has 9 heteroatoms. The monoisotopic (exact) mass is 353 g/mol. The Kier molecular flexibility index (Phi) is 11.5. The highest BCUT2D eigenvalue weighted by Gasteiger charge is 2.31. The topological polar surface area (TPSA) is 108 Å². The summed E-state index contributed by atoms with van der Waals surface area (Å²) >= 11 is 0. The van der Waals surface area contributed by atoms with Crippen LogP contribution < -0.4 is 10.6 Å². The van der Waals surface area contributed by atoms with Gasteiger partial charge in [0, 0.05) is 6.54 Å². The van der Waals surface area contributed by atoms with Crippen LogP contribution in [0.2, 0.25) is 0 Å². The second-order valence-electron chi connectivity index (χ2n) is 5.59. The van der Waals surface area contributed by atoms with E-state index in [9.17, 15) is 14.3 Å². The predicted molar refractivity (Wildman–Crippen MR) is 88.8 cm³/mol. The van der Waals surface area contributed by atoms with Crippen molar-refractivity contribution >= 4 is 13.9 Å². The van der Waals surface area contributed by atoms with Crippen LogP contribution in [0.5, 0.6) is 0 Å². The van der Waals surface area contributed by atoms with Crippen molar-refractivity contribution in [3.05, 3.63) is 0 Å². The molecule has 0 saturated carbocycles. The van der Waals surface area contributed by atoms with Crippen LogP contribution in [0.4, 0.5) is 4.79 Å². The number of unbranched alkanes of at least 4 members (excludes halogenated alkanes) is 2. The zero-order valence-corrected chi connectivity index (χ0v) is 15.6. The number of amides is 2. The fraction of sp³-hybridized carbons (Fsp3) is 0.929. The average molecular weight is 353 g/mol. The number of phosphoric acid groups is 1. The molecule has 1 fully saturated rings. The van der Waals surface area contributed by atoms with Gasteiger partial charge in [-0.25, -0.2) is 4.79 Å². The molecule has 2 amide bonds. The highest BCUT2D eigenvalue weighted by atomic mass is 31.2. The highest BCUT2D eigenvalue weighted by molar-refractivity contribution is 7.45. The molecule has 0 aromatic rings. The molecule has 0 bridgehead atoms. The number of phosphoric ester groups is 1. The summed E-state index contributed by atoms with van der Waals surface area (Å²) in [6.45, 7) is 5.19. The third kappa shape index (κ3) is 9.94. The molecule has 23 heavy (non-hydrogen) atoms. The summed E-state index contributed by atoms with van der Waals surface area (Å²) in [5.74, 6) is 0. The van der Waals surface area contributed by atoms with Gasteiger partial charge < -0.3 is 24.6 Å². The van der Waals surface area contributed by atoms with Crippen molar-refractivity contribution in [3.8, 4) is 0 Å². The number of primary amides is 1. The van der Waals surface area contributed by atoms with Crippen LogP contribution in [0, 0.1) is 0 Å². The molecule has 1 saturated heterocycles. The number of rotatable bonds is 9. The first-order chi connectivity index (χ1) is 10.7. The van der Waals surface area contributed by atoms with Gasteiger partial charge in [0.15, 0.2) is 0 Å². The summed E-state index contributed by atoms with van der Waals surface area (Å²) < 4.78 is 20.2. The van der Waals surface area contributed by atoms with Gasteiger partial charge in [0.05, 0.1) is 19.4 Å². The fourth-order valence-corrected chi connectivity index (χ4v) is 2.63. The minimum atomic E-state index is -4.00. The van der Waals surface area contributed by atoms with Gasteiger partial charge in [-0.3, -0.25) is 9.46 Å². The SMILES string of the molecule is CCCCOP(=O)([O-])OCCCC.CN(C)C1CCN1C(N)=O.[H+]. The molecule has 1 heterocycles. The zero-order chi connectivity index (χ0) is 17.9. The van der Waals surface area contributed by atoms with E-state index in [1.165, 1.54) is 0 Å². The third-order valence-corrected chi connectivity index (χ3v) is 4.36. The molecule has 1 aliphatic rings. The van der Waals surface area contributed by atoms with Gasteiger partial charge in [-0.15, -0.1) is 0 Å². The minimum Gasteiger partial charge on any atom is -0.756 e. The average Bonchev–Trinajstić information content (AvgIpc) is 2.37. The lowest BCUT2D eigenvalue weighted by Gasteiger charge is -2.43. The van der Waals surface area contributed by atoms with Crippen molar-refractivity contribution in [1.29, 1.82) is 0 Å². The molecule has 0 spiro atoms. The number of urea groups is 1. The van der Waals surface area contributed by atoms with Crippen LogP contribution in [0.3, 0.4) is 0 Å². The van der Waals surface area contributed by atoms with E-state index in [0.717, 1.165) is 38.6 Å². The van der Waals surface area contributed by atoms with E-state index in [0.29, 0.717) is 0 Å². The first-order valence-electron chi connectivity index (χ1n) is 8.07. The molecule has 1 unspecified atom stereocenters. The second-order valence-corrected chi connectivity index (χ2v) is 7.00. The molecule has 1 rings (SSSR count). The smallest absolute Gasteiger partial charge is 0.756 e. The molecule has 0 aliphatic carbocycles. The van der Waals surface area contributed by atoms with Gasteiger partial charge >= 0.3 is 7.46 Å². The van der Waals surface area contributed by atoms with E-state index in [-0.39, 0.29) is 26.8 Å². The van der Waals surface area contributed by atoms with Crippen molar-refractivity contribution in [2.45, 2.75) is 52.1 Å². The normalized spacial score (nSPS) is 17.5. The number of nitrogens with two attached hydrogens (primary N) is 1. The van der Waals surface area contributed by atoms with Gasteiger partial charge in [0.1, 0.15) is 0 Å². The summed E-state index contributed by atoms with van der Waals surface area (Å²) in [7, 11) is -0.114. The van der Waals surface area contributed by atoms with Crippen LogP contribution in [-0.4, -0.2) is 55.9 Å². The molecule has 0 aromatic carbocycles. The molecule has 8 nitrogen and oxygen atoms in total. The van der Waals surface area contributed by atoms with Crippen LogP contribution >= 0.6 is 7.82 Å². The molecule has 138 valence electrons. The number of carbonyl (C=O) groups is 1. The Hall–Kier alpha value is -0.660. The first-order valence-corrected chi connectivity index (χ1v) is 9.53. The third-order valence-electron chi connectivity index (χ3n) is 3.36. The molecule has 1 aliphatic heterocycles. The maximum Gasteiger partial charge on any atom is 1.00 e. The van der Waals surface area contributed by atoms with Gasteiger partial charge in [0.2, 0.25) is 0 Å². The zero-order valence-electron chi connectivity index (χ0n) is 15.7. The van der Waals surface area contributed by atoms with Gasteiger partial charge in [-0.1, -0.05) is 26.7 Å². The van der Waals surface area contributed by atoms with E-state index in [2.05, 4.69) is 9.05 Å². The van der Waals surface area contributed by atoms with Crippen molar-refractivity contribution in [1.82, 2.24) is 9.80 Å². The molecule has 2 N–H and O–H groups in total. The Morgan fingerprint density at radius 2 is 1.78 bits per heavy atom.